The van der Waals surface area contributed by atoms with Gasteiger partial charge in [0.15, 0.2) is 5.82 Å². The van der Waals surface area contributed by atoms with Crippen molar-refractivity contribution in [1.82, 2.24) is 35.3 Å². The van der Waals surface area contributed by atoms with E-state index in [9.17, 15) is 14.4 Å². The Hall–Kier alpha value is -4.28. The molecule has 0 unspecified atom stereocenters. The number of amides is 3. The highest BCUT2D eigenvalue weighted by atomic mass is 16.5. The van der Waals surface area contributed by atoms with E-state index in [0.717, 1.165) is 5.56 Å². The summed E-state index contributed by atoms with van der Waals surface area (Å²) in [6.07, 6.45) is 2.69. The first-order valence-corrected chi connectivity index (χ1v) is 14.2. The Labute approximate surface area is 240 Å². The van der Waals surface area contributed by atoms with Crippen LogP contribution in [0.5, 0.6) is 5.88 Å². The molecule has 11 heteroatoms. The molecule has 0 bridgehead atoms. The average Bonchev–Trinajstić information content (AvgIpc) is 3.39. The molecule has 2 atom stereocenters. The van der Waals surface area contributed by atoms with Gasteiger partial charge in [-0.1, -0.05) is 44.2 Å². The second-order valence-corrected chi connectivity index (χ2v) is 10.5. The first kappa shape index (κ1) is 29.7. The average molecular weight is 562 g/mol. The summed E-state index contributed by atoms with van der Waals surface area (Å²) >= 11 is 0. The Morgan fingerprint density at radius 1 is 1.07 bits per heavy atom. The number of carbonyl (C=O) groups excluding carboxylic acids is 3. The van der Waals surface area contributed by atoms with Gasteiger partial charge in [0.2, 0.25) is 17.7 Å². The van der Waals surface area contributed by atoms with E-state index in [1.807, 2.05) is 58.0 Å². The number of ether oxygens (including phenoxy) is 1. The number of hydrogen-bond donors (Lipinski definition) is 2. The first-order chi connectivity index (χ1) is 19.8. The topological polar surface area (TPSA) is 131 Å². The van der Waals surface area contributed by atoms with Crippen LogP contribution in [0.1, 0.15) is 69.2 Å². The van der Waals surface area contributed by atoms with Crippen LogP contribution >= 0.6 is 0 Å². The van der Waals surface area contributed by atoms with E-state index in [2.05, 4.69) is 15.6 Å². The molecule has 3 heterocycles. The van der Waals surface area contributed by atoms with Crippen LogP contribution in [0.25, 0.3) is 11.4 Å². The second kappa shape index (κ2) is 13.9. The summed E-state index contributed by atoms with van der Waals surface area (Å²) in [7, 11) is 0. The summed E-state index contributed by atoms with van der Waals surface area (Å²) in [5, 5.41) is 10.7. The van der Waals surface area contributed by atoms with Gasteiger partial charge in [0.1, 0.15) is 17.4 Å². The lowest BCUT2D eigenvalue weighted by atomic mass is 10.0. The Bertz CT molecular complexity index is 1340. The SMILES string of the molecule is CCOc1ncccc1C(=O)N1CCCC(=O)N[C@H](CC(C)C)C(=O)N[C@H](C)c2nc(-c3ccccc3)nn2CC1. The predicted molar refractivity (Wildman–Crippen MR) is 154 cm³/mol. The van der Waals surface area contributed by atoms with Crippen LogP contribution in [-0.2, 0) is 16.1 Å². The zero-order valence-corrected chi connectivity index (χ0v) is 24.2. The molecule has 0 saturated carbocycles. The summed E-state index contributed by atoms with van der Waals surface area (Å²) in [4.78, 5) is 50.6. The Kier molecular flexibility index (Phi) is 10.0. The molecular formula is C30H39N7O4. The number of nitrogens with one attached hydrogen (secondary N) is 2. The van der Waals surface area contributed by atoms with Crippen LogP contribution in [0.2, 0.25) is 0 Å². The van der Waals surface area contributed by atoms with Gasteiger partial charge in [0.05, 0.1) is 19.2 Å². The van der Waals surface area contributed by atoms with Gasteiger partial charge >= 0.3 is 0 Å². The standard InChI is InChI=1S/C30H39N7O4/c1-5-41-29-23(13-9-15-31-29)30(40)36-16-10-14-25(38)33-24(19-20(2)3)28(39)32-21(4)27-34-26(35-37(27)18-17-36)22-11-7-6-8-12-22/h6-9,11-13,15,20-21,24H,5,10,14,16-19H2,1-4H3,(H,32,39)(H,33,38)/t21-,24-/m1/s1. The molecule has 4 rings (SSSR count). The maximum Gasteiger partial charge on any atom is 0.259 e. The molecule has 1 aliphatic heterocycles. The van der Waals surface area contributed by atoms with E-state index in [-0.39, 0.29) is 35.9 Å². The molecule has 0 saturated heterocycles. The molecule has 218 valence electrons. The number of aromatic nitrogens is 4. The van der Waals surface area contributed by atoms with Crippen molar-refractivity contribution in [3.8, 4) is 17.3 Å². The van der Waals surface area contributed by atoms with Gasteiger partial charge in [-0.3, -0.25) is 14.4 Å². The molecule has 2 N–H and O–H groups in total. The van der Waals surface area contributed by atoms with Gasteiger partial charge in [-0.2, -0.15) is 5.10 Å². The van der Waals surface area contributed by atoms with Crippen LogP contribution in [0.15, 0.2) is 48.7 Å². The molecule has 0 fully saturated rings. The molecule has 0 aliphatic carbocycles. The van der Waals surface area contributed by atoms with E-state index in [4.69, 9.17) is 14.8 Å². The van der Waals surface area contributed by atoms with Crippen LogP contribution in [0, 0.1) is 5.92 Å². The fourth-order valence-corrected chi connectivity index (χ4v) is 4.83. The van der Waals surface area contributed by atoms with Crippen molar-refractivity contribution >= 4 is 17.7 Å². The lowest BCUT2D eigenvalue weighted by molar-refractivity contribution is -0.129. The highest BCUT2D eigenvalue weighted by molar-refractivity contribution is 5.96. The smallest absolute Gasteiger partial charge is 0.259 e. The highest BCUT2D eigenvalue weighted by Crippen LogP contribution is 2.21. The maximum atomic E-state index is 13.7. The van der Waals surface area contributed by atoms with Gasteiger partial charge in [-0.15, -0.1) is 0 Å². The van der Waals surface area contributed by atoms with Crippen LogP contribution in [0.3, 0.4) is 0 Å². The quantitative estimate of drug-likeness (QED) is 0.472. The van der Waals surface area contributed by atoms with Crippen LogP contribution in [-0.4, -0.2) is 68.1 Å². The molecule has 0 spiro atoms. The van der Waals surface area contributed by atoms with E-state index >= 15 is 0 Å². The summed E-state index contributed by atoms with van der Waals surface area (Å²) in [5.41, 5.74) is 1.21. The minimum Gasteiger partial charge on any atom is -0.477 e. The summed E-state index contributed by atoms with van der Waals surface area (Å²) < 4.78 is 7.37. The molecule has 11 nitrogen and oxygen atoms in total. The molecule has 3 amide bonds. The minimum atomic E-state index is -0.681. The van der Waals surface area contributed by atoms with Crippen LogP contribution in [0.4, 0.5) is 0 Å². The van der Waals surface area contributed by atoms with E-state index in [1.165, 1.54) is 0 Å². The number of pyridine rings is 1. The van der Waals surface area contributed by atoms with Crippen molar-refractivity contribution < 1.29 is 19.1 Å². The third-order valence-corrected chi connectivity index (χ3v) is 6.82. The minimum absolute atomic E-state index is 0.180. The van der Waals surface area contributed by atoms with Crippen LogP contribution < -0.4 is 15.4 Å². The van der Waals surface area contributed by atoms with Crippen molar-refractivity contribution in [3.63, 3.8) is 0 Å². The first-order valence-electron chi connectivity index (χ1n) is 14.2. The highest BCUT2D eigenvalue weighted by Gasteiger charge is 2.28. The van der Waals surface area contributed by atoms with E-state index in [1.54, 1.807) is 27.9 Å². The second-order valence-electron chi connectivity index (χ2n) is 10.5. The van der Waals surface area contributed by atoms with Gasteiger partial charge in [0, 0.05) is 31.3 Å². The molecular weight excluding hydrogens is 522 g/mol. The van der Waals surface area contributed by atoms with Crippen molar-refractivity contribution in [2.75, 3.05) is 19.7 Å². The Morgan fingerprint density at radius 2 is 1.85 bits per heavy atom. The molecule has 0 radical (unpaired) electrons. The van der Waals surface area contributed by atoms with Gasteiger partial charge < -0.3 is 20.3 Å². The molecule has 1 aromatic carbocycles. The van der Waals surface area contributed by atoms with E-state index in [0.29, 0.717) is 56.3 Å². The monoisotopic (exact) mass is 561 g/mol. The predicted octanol–water partition coefficient (Wildman–Crippen LogP) is 3.38. The molecule has 1 aliphatic rings. The number of fused-ring (bicyclic) bond motifs is 1. The third kappa shape index (κ3) is 7.68. The number of nitrogens with zero attached hydrogens (tertiary/aromatic N) is 5. The fraction of sp³-hybridized carbons (Fsp3) is 0.467. The summed E-state index contributed by atoms with van der Waals surface area (Å²) in [5.74, 6) is 0.837. The fourth-order valence-electron chi connectivity index (χ4n) is 4.83. The van der Waals surface area contributed by atoms with Crippen molar-refractivity contribution in [2.45, 2.75) is 65.6 Å². The zero-order chi connectivity index (χ0) is 29.4. The third-order valence-electron chi connectivity index (χ3n) is 6.82. The largest absolute Gasteiger partial charge is 0.477 e. The maximum absolute atomic E-state index is 13.7. The lowest BCUT2D eigenvalue weighted by Crippen LogP contribution is -2.48. The number of hydrogen-bond acceptors (Lipinski definition) is 7. The zero-order valence-electron chi connectivity index (χ0n) is 24.2. The van der Waals surface area contributed by atoms with Crippen molar-refractivity contribution in [3.05, 3.63) is 60.0 Å². The van der Waals surface area contributed by atoms with Crippen molar-refractivity contribution in [2.24, 2.45) is 5.92 Å². The summed E-state index contributed by atoms with van der Waals surface area (Å²) in [6.45, 7) is 9.06. The van der Waals surface area contributed by atoms with Gasteiger partial charge in [-0.05, 0) is 44.7 Å². The number of benzene rings is 1. The van der Waals surface area contributed by atoms with E-state index < -0.39 is 12.1 Å². The Morgan fingerprint density at radius 3 is 2.59 bits per heavy atom. The number of carbonyl (C=O) groups is 3. The van der Waals surface area contributed by atoms with Crippen molar-refractivity contribution in [1.29, 1.82) is 0 Å². The molecule has 3 aromatic rings. The van der Waals surface area contributed by atoms with Gasteiger partial charge in [-0.25, -0.2) is 14.6 Å². The summed E-state index contributed by atoms with van der Waals surface area (Å²) in [6, 6.07) is 11.8. The Balaban J connectivity index is 1.69. The molecule has 2 aromatic heterocycles. The lowest BCUT2D eigenvalue weighted by Gasteiger charge is -2.26. The van der Waals surface area contributed by atoms with Gasteiger partial charge in [0.25, 0.3) is 5.91 Å². The number of rotatable bonds is 6. The normalized spacial score (nSPS) is 18.7. The molecule has 41 heavy (non-hydrogen) atoms.